The Morgan fingerprint density at radius 2 is 2.00 bits per heavy atom. The summed E-state index contributed by atoms with van der Waals surface area (Å²) in [5, 5.41) is 26.8. The third-order valence-electron chi connectivity index (χ3n) is 2.22. The zero-order chi connectivity index (χ0) is 10.9. The van der Waals surface area contributed by atoms with Crippen molar-refractivity contribution in [1.82, 2.24) is 4.90 Å². The van der Waals surface area contributed by atoms with Gasteiger partial charge in [-0.2, -0.15) is 0 Å². The van der Waals surface area contributed by atoms with E-state index < -0.39 is 30.3 Å². The third-order valence-corrected chi connectivity index (χ3v) is 2.22. The van der Waals surface area contributed by atoms with Gasteiger partial charge in [0.05, 0.1) is 6.54 Å². The number of likely N-dealkylation sites (tertiary alicyclic amines) is 1. The number of carboxylic acid groups (broad SMARTS) is 2. The topological polar surface area (TPSA) is 107 Å². The highest BCUT2D eigenvalue weighted by atomic mass is 16.5. The molecule has 1 rings (SSSR count). The minimum atomic E-state index is -1.45. The first-order valence-electron chi connectivity index (χ1n) is 3.92. The van der Waals surface area contributed by atoms with Crippen molar-refractivity contribution in [3.63, 3.8) is 0 Å². The van der Waals surface area contributed by atoms with Gasteiger partial charge >= 0.3 is 12.1 Å². The van der Waals surface area contributed by atoms with Gasteiger partial charge in [0, 0.05) is 7.11 Å². The number of ether oxygens (including phenoxy) is 1. The van der Waals surface area contributed by atoms with Crippen LogP contribution in [-0.2, 0) is 9.53 Å². The van der Waals surface area contributed by atoms with Gasteiger partial charge in [0.2, 0.25) is 0 Å². The largest absolute Gasteiger partial charge is 0.480 e. The highest BCUT2D eigenvalue weighted by Crippen LogP contribution is 2.20. The van der Waals surface area contributed by atoms with Gasteiger partial charge in [-0.25, -0.2) is 9.59 Å². The summed E-state index contributed by atoms with van der Waals surface area (Å²) in [7, 11) is 1.29. The fourth-order valence-corrected chi connectivity index (χ4v) is 1.49. The van der Waals surface area contributed by atoms with Gasteiger partial charge < -0.3 is 20.1 Å². The van der Waals surface area contributed by atoms with Crippen molar-refractivity contribution in [1.29, 1.82) is 0 Å². The number of nitrogens with zero attached hydrogens (tertiary/aromatic N) is 1. The summed E-state index contributed by atoms with van der Waals surface area (Å²) in [6, 6.07) is -1.45. The molecule has 1 aliphatic heterocycles. The lowest BCUT2D eigenvalue weighted by Gasteiger charge is -2.18. The van der Waals surface area contributed by atoms with Gasteiger partial charge in [-0.1, -0.05) is 0 Å². The molecular formula is C7H11NO6. The second-order valence-corrected chi connectivity index (χ2v) is 2.98. The van der Waals surface area contributed by atoms with Crippen molar-refractivity contribution in [2.24, 2.45) is 0 Å². The van der Waals surface area contributed by atoms with Crippen molar-refractivity contribution in [2.75, 3.05) is 13.7 Å². The van der Waals surface area contributed by atoms with Crippen LogP contribution in [0.3, 0.4) is 0 Å². The lowest BCUT2D eigenvalue weighted by Crippen LogP contribution is -2.44. The number of methoxy groups -OCH3 is 1. The average molecular weight is 205 g/mol. The van der Waals surface area contributed by atoms with E-state index in [1.165, 1.54) is 7.11 Å². The zero-order valence-corrected chi connectivity index (χ0v) is 7.45. The minimum absolute atomic E-state index is 0.135. The fourth-order valence-electron chi connectivity index (χ4n) is 1.49. The molecule has 7 nitrogen and oxygen atoms in total. The molecule has 0 radical (unpaired) electrons. The standard InChI is InChI=1S/C7H11NO6/c1-14-3-2-8(7(12)13)4(5(3)9)6(10)11/h3-5,9H,2H2,1H3,(H,10,11)(H,12,13)/t3-,4+,5+/m1/s1. The number of carbonyl (C=O) groups is 2. The van der Waals surface area contributed by atoms with Crippen molar-refractivity contribution < 1.29 is 29.6 Å². The molecule has 3 N–H and O–H groups in total. The average Bonchev–Trinajstić information content (AvgIpc) is 2.42. The van der Waals surface area contributed by atoms with E-state index >= 15 is 0 Å². The van der Waals surface area contributed by atoms with Gasteiger partial charge in [-0.05, 0) is 0 Å². The molecule has 7 heteroatoms. The Morgan fingerprint density at radius 1 is 1.43 bits per heavy atom. The van der Waals surface area contributed by atoms with E-state index in [1.807, 2.05) is 0 Å². The van der Waals surface area contributed by atoms with Gasteiger partial charge in [-0.15, -0.1) is 0 Å². The maximum Gasteiger partial charge on any atom is 0.408 e. The molecule has 0 aromatic carbocycles. The lowest BCUT2D eigenvalue weighted by molar-refractivity contribution is -0.145. The summed E-state index contributed by atoms with van der Waals surface area (Å²) in [5.41, 5.74) is 0. The predicted octanol–water partition coefficient (Wildman–Crippen LogP) is -1.19. The predicted molar refractivity (Wildman–Crippen MR) is 43.0 cm³/mol. The Balaban J connectivity index is 2.87. The summed E-state index contributed by atoms with van der Waals surface area (Å²) >= 11 is 0. The molecule has 0 unspecified atom stereocenters. The maximum absolute atomic E-state index is 10.7. The number of rotatable bonds is 2. The van der Waals surface area contributed by atoms with Crippen LogP contribution in [0.1, 0.15) is 0 Å². The number of hydrogen-bond donors (Lipinski definition) is 3. The fraction of sp³-hybridized carbons (Fsp3) is 0.714. The summed E-state index contributed by atoms with van der Waals surface area (Å²) in [6.07, 6.45) is -3.49. The first kappa shape index (κ1) is 10.7. The first-order chi connectivity index (χ1) is 6.49. The van der Waals surface area contributed by atoms with Gasteiger partial charge in [-0.3, -0.25) is 4.90 Å². The van der Waals surface area contributed by atoms with Crippen LogP contribution in [0.5, 0.6) is 0 Å². The number of amides is 1. The van der Waals surface area contributed by atoms with E-state index in [4.69, 9.17) is 14.9 Å². The second kappa shape index (κ2) is 3.81. The Labute approximate surface area is 79.5 Å². The summed E-state index contributed by atoms with van der Waals surface area (Å²) in [6.45, 7) is -0.135. The highest BCUT2D eigenvalue weighted by Gasteiger charge is 2.47. The molecule has 80 valence electrons. The molecule has 3 atom stereocenters. The molecule has 0 saturated carbocycles. The van der Waals surface area contributed by atoms with Crippen molar-refractivity contribution in [3.8, 4) is 0 Å². The smallest absolute Gasteiger partial charge is 0.408 e. The van der Waals surface area contributed by atoms with E-state index in [9.17, 15) is 14.7 Å². The van der Waals surface area contributed by atoms with E-state index in [0.29, 0.717) is 4.90 Å². The van der Waals surface area contributed by atoms with E-state index in [0.717, 1.165) is 0 Å². The first-order valence-corrected chi connectivity index (χ1v) is 3.92. The lowest BCUT2D eigenvalue weighted by atomic mass is 10.1. The Kier molecular flexibility index (Phi) is 2.92. The number of hydrogen-bond acceptors (Lipinski definition) is 4. The molecule has 0 aromatic rings. The molecule has 0 aromatic heterocycles. The number of aliphatic carboxylic acids is 1. The van der Waals surface area contributed by atoms with Crippen LogP contribution in [0.25, 0.3) is 0 Å². The molecular weight excluding hydrogens is 194 g/mol. The molecule has 1 heterocycles. The van der Waals surface area contributed by atoms with Crippen LogP contribution in [0, 0.1) is 0 Å². The molecule has 1 saturated heterocycles. The van der Waals surface area contributed by atoms with E-state index in [-0.39, 0.29) is 6.54 Å². The second-order valence-electron chi connectivity index (χ2n) is 2.98. The normalized spacial score (nSPS) is 31.9. The Hall–Kier alpha value is -1.34. The number of aliphatic hydroxyl groups excluding tert-OH is 1. The van der Waals surface area contributed by atoms with Crippen LogP contribution in [-0.4, -0.2) is 64.2 Å². The molecule has 14 heavy (non-hydrogen) atoms. The zero-order valence-electron chi connectivity index (χ0n) is 7.45. The van der Waals surface area contributed by atoms with Crippen LogP contribution in [0.2, 0.25) is 0 Å². The SMILES string of the molecule is CO[C@@H]1CN(C(=O)O)[C@H](C(=O)O)[C@H]1O. The van der Waals surface area contributed by atoms with Gasteiger partial charge in [0.15, 0.2) is 6.04 Å². The highest BCUT2D eigenvalue weighted by molar-refractivity contribution is 5.81. The van der Waals surface area contributed by atoms with Gasteiger partial charge in [0.1, 0.15) is 12.2 Å². The van der Waals surface area contributed by atoms with Crippen LogP contribution in [0.4, 0.5) is 4.79 Å². The van der Waals surface area contributed by atoms with Crippen molar-refractivity contribution in [2.45, 2.75) is 18.2 Å². The van der Waals surface area contributed by atoms with Crippen LogP contribution in [0.15, 0.2) is 0 Å². The summed E-state index contributed by atoms with van der Waals surface area (Å²) in [4.78, 5) is 21.9. The quantitative estimate of drug-likeness (QED) is 0.523. The summed E-state index contributed by atoms with van der Waals surface area (Å²) in [5.74, 6) is -1.38. The molecule has 1 amide bonds. The summed E-state index contributed by atoms with van der Waals surface area (Å²) < 4.78 is 4.77. The maximum atomic E-state index is 10.7. The van der Waals surface area contributed by atoms with E-state index in [2.05, 4.69) is 0 Å². The molecule has 0 spiro atoms. The molecule has 1 fully saturated rings. The monoisotopic (exact) mass is 205 g/mol. The molecule has 1 aliphatic rings. The number of carboxylic acids is 1. The van der Waals surface area contributed by atoms with Crippen molar-refractivity contribution >= 4 is 12.1 Å². The third kappa shape index (κ3) is 1.64. The van der Waals surface area contributed by atoms with Crippen molar-refractivity contribution in [3.05, 3.63) is 0 Å². The molecule has 0 aliphatic carbocycles. The Bertz CT molecular complexity index is 255. The van der Waals surface area contributed by atoms with E-state index in [1.54, 1.807) is 0 Å². The molecule has 0 bridgehead atoms. The van der Waals surface area contributed by atoms with Crippen LogP contribution >= 0.6 is 0 Å². The Morgan fingerprint density at radius 3 is 2.29 bits per heavy atom. The van der Waals surface area contributed by atoms with Gasteiger partial charge in [0.25, 0.3) is 0 Å². The van der Waals surface area contributed by atoms with Crippen LogP contribution < -0.4 is 0 Å². The number of aliphatic hydroxyl groups is 1. The minimum Gasteiger partial charge on any atom is -0.480 e.